The summed E-state index contributed by atoms with van der Waals surface area (Å²) in [5, 5.41) is 11.3. The SMILES string of the molecule is OC1(Cc2ccncc2)c2cccnc2-c2ncccc21. The second-order valence-corrected chi connectivity index (χ2v) is 5.19. The first kappa shape index (κ1) is 12.2. The summed E-state index contributed by atoms with van der Waals surface area (Å²) in [6, 6.07) is 11.4. The van der Waals surface area contributed by atoms with Crippen LogP contribution in [-0.2, 0) is 12.0 Å². The highest BCUT2D eigenvalue weighted by Crippen LogP contribution is 2.46. The van der Waals surface area contributed by atoms with Crippen LogP contribution >= 0.6 is 0 Å². The van der Waals surface area contributed by atoms with E-state index in [1.165, 1.54) is 0 Å². The van der Waals surface area contributed by atoms with Crippen LogP contribution in [0.1, 0.15) is 16.7 Å². The van der Waals surface area contributed by atoms with Crippen LogP contribution in [0, 0.1) is 0 Å². The highest BCUT2D eigenvalue weighted by molar-refractivity contribution is 5.73. The molecule has 4 heteroatoms. The highest BCUT2D eigenvalue weighted by Gasteiger charge is 2.43. The van der Waals surface area contributed by atoms with Crippen molar-refractivity contribution in [2.45, 2.75) is 12.0 Å². The Labute approximate surface area is 122 Å². The fraction of sp³-hybridized carbons (Fsp3) is 0.118. The quantitative estimate of drug-likeness (QED) is 0.780. The molecule has 0 aliphatic heterocycles. The number of pyridine rings is 3. The molecule has 0 bridgehead atoms. The van der Waals surface area contributed by atoms with Crippen LogP contribution in [0.2, 0.25) is 0 Å². The third kappa shape index (κ3) is 1.76. The molecule has 1 aliphatic carbocycles. The molecular formula is C17H13N3O. The summed E-state index contributed by atoms with van der Waals surface area (Å²) in [5.41, 5.74) is 3.11. The Bertz CT molecular complexity index is 756. The van der Waals surface area contributed by atoms with Gasteiger partial charge in [0.25, 0.3) is 0 Å². The average molecular weight is 275 g/mol. The Kier molecular flexibility index (Phi) is 2.59. The number of hydrogen-bond donors (Lipinski definition) is 1. The van der Waals surface area contributed by atoms with Gasteiger partial charge >= 0.3 is 0 Å². The van der Waals surface area contributed by atoms with Crippen molar-refractivity contribution in [2.75, 3.05) is 0 Å². The maximum absolute atomic E-state index is 11.3. The zero-order valence-electron chi connectivity index (χ0n) is 11.3. The van der Waals surface area contributed by atoms with E-state index in [1.54, 1.807) is 24.8 Å². The van der Waals surface area contributed by atoms with E-state index in [0.717, 1.165) is 28.1 Å². The molecule has 21 heavy (non-hydrogen) atoms. The molecule has 3 aromatic rings. The summed E-state index contributed by atoms with van der Waals surface area (Å²) in [6.07, 6.45) is 7.42. The predicted molar refractivity (Wildman–Crippen MR) is 78.4 cm³/mol. The van der Waals surface area contributed by atoms with E-state index in [4.69, 9.17) is 0 Å². The molecule has 0 saturated heterocycles. The molecular weight excluding hydrogens is 262 g/mol. The Morgan fingerprint density at radius 2 is 1.38 bits per heavy atom. The standard InChI is InChI=1S/C17H13N3O/c21-17(11-12-5-9-18-10-6-12)13-3-1-7-19-15(13)16-14(17)4-2-8-20-16/h1-10,21H,11H2. The summed E-state index contributed by atoms with van der Waals surface area (Å²) in [5.74, 6) is 0. The van der Waals surface area contributed by atoms with Crippen LogP contribution in [-0.4, -0.2) is 20.1 Å². The normalized spacial score (nSPS) is 14.5. The monoisotopic (exact) mass is 275 g/mol. The Balaban J connectivity index is 1.92. The summed E-state index contributed by atoms with van der Waals surface area (Å²) in [6.45, 7) is 0. The zero-order chi connectivity index (χ0) is 14.3. The fourth-order valence-corrected chi connectivity index (χ4v) is 2.99. The summed E-state index contributed by atoms with van der Waals surface area (Å²) >= 11 is 0. The van der Waals surface area contributed by atoms with Crippen LogP contribution in [0.5, 0.6) is 0 Å². The molecule has 3 heterocycles. The first-order chi connectivity index (χ1) is 10.3. The van der Waals surface area contributed by atoms with E-state index >= 15 is 0 Å². The molecule has 1 aliphatic rings. The van der Waals surface area contributed by atoms with Gasteiger partial charge in [0.05, 0.1) is 11.4 Å². The first-order valence-corrected chi connectivity index (χ1v) is 6.82. The van der Waals surface area contributed by atoms with Crippen molar-refractivity contribution < 1.29 is 5.11 Å². The third-order valence-corrected chi connectivity index (χ3v) is 3.94. The summed E-state index contributed by atoms with van der Waals surface area (Å²) in [7, 11) is 0. The molecule has 0 amide bonds. The number of fused-ring (bicyclic) bond motifs is 3. The number of aliphatic hydroxyl groups is 1. The lowest BCUT2D eigenvalue weighted by Gasteiger charge is -2.25. The lowest BCUT2D eigenvalue weighted by atomic mass is 9.86. The summed E-state index contributed by atoms with van der Waals surface area (Å²) < 4.78 is 0. The van der Waals surface area contributed by atoms with Gasteiger partial charge in [0, 0.05) is 42.3 Å². The minimum atomic E-state index is -1.09. The van der Waals surface area contributed by atoms with Gasteiger partial charge < -0.3 is 5.11 Å². The van der Waals surface area contributed by atoms with Crippen molar-refractivity contribution >= 4 is 0 Å². The van der Waals surface area contributed by atoms with Crippen LogP contribution in [0.4, 0.5) is 0 Å². The predicted octanol–water partition coefficient (Wildman–Crippen LogP) is 2.33. The minimum absolute atomic E-state index is 0.479. The third-order valence-electron chi connectivity index (χ3n) is 3.94. The molecule has 4 rings (SSSR count). The van der Waals surface area contributed by atoms with E-state index in [-0.39, 0.29) is 0 Å². The second kappa shape index (κ2) is 4.46. The Morgan fingerprint density at radius 3 is 1.95 bits per heavy atom. The van der Waals surface area contributed by atoms with E-state index in [1.807, 2.05) is 36.4 Å². The minimum Gasteiger partial charge on any atom is -0.380 e. The van der Waals surface area contributed by atoms with Crippen molar-refractivity contribution in [1.82, 2.24) is 15.0 Å². The average Bonchev–Trinajstić information content (AvgIpc) is 2.79. The molecule has 4 nitrogen and oxygen atoms in total. The smallest absolute Gasteiger partial charge is 0.123 e. The van der Waals surface area contributed by atoms with E-state index in [9.17, 15) is 5.11 Å². The summed E-state index contributed by atoms with van der Waals surface area (Å²) in [4.78, 5) is 12.8. The van der Waals surface area contributed by atoms with Crippen molar-refractivity contribution in [3.05, 3.63) is 77.9 Å². The van der Waals surface area contributed by atoms with Crippen LogP contribution in [0.15, 0.2) is 61.2 Å². The lowest BCUT2D eigenvalue weighted by molar-refractivity contribution is 0.0857. The van der Waals surface area contributed by atoms with Crippen molar-refractivity contribution in [3.63, 3.8) is 0 Å². The lowest BCUT2D eigenvalue weighted by Crippen LogP contribution is -2.27. The van der Waals surface area contributed by atoms with Crippen LogP contribution in [0.25, 0.3) is 11.4 Å². The Morgan fingerprint density at radius 1 is 0.810 bits per heavy atom. The van der Waals surface area contributed by atoms with Gasteiger partial charge in [-0.15, -0.1) is 0 Å². The number of nitrogens with zero attached hydrogens (tertiary/aromatic N) is 3. The Hall–Kier alpha value is -2.59. The van der Waals surface area contributed by atoms with Gasteiger partial charge in [0.1, 0.15) is 5.60 Å². The van der Waals surface area contributed by atoms with Gasteiger partial charge in [-0.25, -0.2) is 0 Å². The number of aromatic nitrogens is 3. The molecule has 3 aromatic heterocycles. The molecule has 0 unspecified atom stereocenters. The van der Waals surface area contributed by atoms with E-state index in [2.05, 4.69) is 15.0 Å². The van der Waals surface area contributed by atoms with Crippen molar-refractivity contribution in [3.8, 4) is 11.4 Å². The molecule has 0 fully saturated rings. The maximum Gasteiger partial charge on any atom is 0.123 e. The van der Waals surface area contributed by atoms with Gasteiger partial charge in [-0.1, -0.05) is 12.1 Å². The molecule has 0 aromatic carbocycles. The number of hydrogen-bond acceptors (Lipinski definition) is 4. The highest BCUT2D eigenvalue weighted by atomic mass is 16.3. The molecule has 0 atom stereocenters. The molecule has 0 radical (unpaired) electrons. The largest absolute Gasteiger partial charge is 0.380 e. The first-order valence-electron chi connectivity index (χ1n) is 6.82. The van der Waals surface area contributed by atoms with Crippen molar-refractivity contribution in [1.29, 1.82) is 0 Å². The van der Waals surface area contributed by atoms with Crippen LogP contribution in [0.3, 0.4) is 0 Å². The molecule has 0 spiro atoms. The maximum atomic E-state index is 11.3. The van der Waals surface area contributed by atoms with Crippen molar-refractivity contribution in [2.24, 2.45) is 0 Å². The molecule has 102 valence electrons. The van der Waals surface area contributed by atoms with Gasteiger partial charge in [0.15, 0.2) is 0 Å². The second-order valence-electron chi connectivity index (χ2n) is 5.19. The van der Waals surface area contributed by atoms with E-state index in [0.29, 0.717) is 6.42 Å². The molecule has 0 saturated carbocycles. The zero-order valence-corrected chi connectivity index (χ0v) is 11.3. The molecule has 1 N–H and O–H groups in total. The topological polar surface area (TPSA) is 58.9 Å². The van der Waals surface area contributed by atoms with Gasteiger partial charge in [-0.05, 0) is 29.8 Å². The van der Waals surface area contributed by atoms with E-state index < -0.39 is 5.60 Å². The fourth-order valence-electron chi connectivity index (χ4n) is 2.99. The van der Waals surface area contributed by atoms with Gasteiger partial charge in [-0.3, -0.25) is 15.0 Å². The van der Waals surface area contributed by atoms with Crippen LogP contribution < -0.4 is 0 Å². The van der Waals surface area contributed by atoms with Gasteiger partial charge in [-0.2, -0.15) is 0 Å². The number of rotatable bonds is 2. The van der Waals surface area contributed by atoms with Gasteiger partial charge in [0.2, 0.25) is 0 Å².